The van der Waals surface area contributed by atoms with E-state index < -0.39 is 10.0 Å². The maximum atomic E-state index is 13.7. The molecule has 0 aromatic heterocycles. The van der Waals surface area contributed by atoms with E-state index in [0.29, 0.717) is 22.9 Å². The molecule has 3 rings (SSSR count). The lowest BCUT2D eigenvalue weighted by Crippen LogP contribution is -2.31. The topological polar surface area (TPSA) is 65.1 Å². The Kier molecular flexibility index (Phi) is 6.52. The number of methoxy groups -OCH3 is 3. The Morgan fingerprint density at radius 2 is 1.37 bits per heavy atom. The summed E-state index contributed by atoms with van der Waals surface area (Å²) in [7, 11) is 0.678. The standard InChI is InChI=1S/C23H25NO5S/c1-17-5-7-18(8-6-17)16-24(22-15-20(28-3)11-14-23(22)29-4)30(25,26)21-12-9-19(27-2)10-13-21/h5-15H,16H2,1-4H3. The Balaban J connectivity index is 2.14. The van der Waals surface area contributed by atoms with E-state index in [2.05, 4.69) is 0 Å². The molecule has 3 aromatic rings. The summed E-state index contributed by atoms with van der Waals surface area (Å²) in [5.41, 5.74) is 2.35. The van der Waals surface area contributed by atoms with Crippen LogP contribution in [0.25, 0.3) is 0 Å². The zero-order valence-corrected chi connectivity index (χ0v) is 18.3. The number of sulfonamides is 1. The maximum Gasteiger partial charge on any atom is 0.264 e. The van der Waals surface area contributed by atoms with E-state index in [-0.39, 0.29) is 11.4 Å². The van der Waals surface area contributed by atoms with Gasteiger partial charge in [-0.15, -0.1) is 0 Å². The predicted molar refractivity (Wildman–Crippen MR) is 117 cm³/mol. The second kappa shape index (κ2) is 9.09. The van der Waals surface area contributed by atoms with Crippen molar-refractivity contribution in [3.63, 3.8) is 0 Å². The first kappa shape index (κ1) is 21.5. The zero-order valence-electron chi connectivity index (χ0n) is 17.5. The lowest BCUT2D eigenvalue weighted by Gasteiger charge is -2.27. The quantitative estimate of drug-likeness (QED) is 0.533. The lowest BCUT2D eigenvalue weighted by atomic mass is 10.1. The van der Waals surface area contributed by atoms with Crippen LogP contribution in [0.5, 0.6) is 17.2 Å². The van der Waals surface area contributed by atoms with Gasteiger partial charge in [0.2, 0.25) is 0 Å². The van der Waals surface area contributed by atoms with Crippen molar-refractivity contribution in [3.05, 3.63) is 77.9 Å². The van der Waals surface area contributed by atoms with Gasteiger partial charge < -0.3 is 14.2 Å². The van der Waals surface area contributed by atoms with Crippen molar-refractivity contribution < 1.29 is 22.6 Å². The van der Waals surface area contributed by atoms with Gasteiger partial charge in [-0.1, -0.05) is 29.8 Å². The summed E-state index contributed by atoms with van der Waals surface area (Å²) >= 11 is 0. The number of rotatable bonds is 8. The van der Waals surface area contributed by atoms with Gasteiger partial charge in [-0.2, -0.15) is 0 Å². The monoisotopic (exact) mass is 427 g/mol. The van der Waals surface area contributed by atoms with Crippen LogP contribution in [0.1, 0.15) is 11.1 Å². The molecule has 0 spiro atoms. The first-order chi connectivity index (χ1) is 14.4. The SMILES string of the molecule is COc1ccc(S(=O)(=O)N(Cc2ccc(C)cc2)c2cc(OC)ccc2OC)cc1. The normalized spacial score (nSPS) is 11.1. The van der Waals surface area contributed by atoms with Crippen molar-refractivity contribution in [1.82, 2.24) is 0 Å². The fourth-order valence-corrected chi connectivity index (χ4v) is 4.48. The number of hydrogen-bond donors (Lipinski definition) is 0. The van der Waals surface area contributed by atoms with Gasteiger partial charge in [-0.05, 0) is 48.9 Å². The number of benzene rings is 3. The van der Waals surface area contributed by atoms with Crippen molar-refractivity contribution in [2.75, 3.05) is 25.6 Å². The third kappa shape index (κ3) is 4.52. The van der Waals surface area contributed by atoms with Crippen molar-refractivity contribution in [3.8, 4) is 17.2 Å². The Hall–Kier alpha value is -3.19. The third-order valence-corrected chi connectivity index (χ3v) is 6.52. The van der Waals surface area contributed by atoms with Gasteiger partial charge in [-0.3, -0.25) is 4.31 Å². The summed E-state index contributed by atoms with van der Waals surface area (Å²) in [5.74, 6) is 1.54. The summed E-state index contributed by atoms with van der Waals surface area (Å²) < 4.78 is 44.6. The second-order valence-electron chi connectivity index (χ2n) is 6.71. The lowest BCUT2D eigenvalue weighted by molar-refractivity contribution is 0.403. The summed E-state index contributed by atoms with van der Waals surface area (Å²) in [6.07, 6.45) is 0. The maximum absolute atomic E-state index is 13.7. The van der Waals surface area contributed by atoms with Gasteiger partial charge in [0.15, 0.2) is 0 Å². The first-order valence-corrected chi connectivity index (χ1v) is 10.8. The minimum atomic E-state index is -3.90. The molecule has 0 heterocycles. The fourth-order valence-electron chi connectivity index (χ4n) is 3.03. The van der Waals surface area contributed by atoms with Crippen LogP contribution in [-0.4, -0.2) is 29.7 Å². The molecule has 0 bridgehead atoms. The van der Waals surface area contributed by atoms with Gasteiger partial charge in [0.25, 0.3) is 10.0 Å². The highest BCUT2D eigenvalue weighted by atomic mass is 32.2. The Morgan fingerprint density at radius 1 is 0.767 bits per heavy atom. The van der Waals surface area contributed by atoms with Crippen LogP contribution in [0.15, 0.2) is 71.6 Å². The summed E-state index contributed by atoms with van der Waals surface area (Å²) in [6.45, 7) is 2.12. The number of aryl methyl sites for hydroxylation is 1. The van der Waals surface area contributed by atoms with Gasteiger partial charge in [0.05, 0.1) is 38.5 Å². The van der Waals surface area contributed by atoms with E-state index in [0.717, 1.165) is 11.1 Å². The minimum absolute atomic E-state index is 0.137. The third-order valence-electron chi connectivity index (χ3n) is 4.75. The van der Waals surface area contributed by atoms with E-state index in [1.807, 2.05) is 31.2 Å². The highest BCUT2D eigenvalue weighted by Crippen LogP contribution is 2.37. The average Bonchev–Trinajstić information content (AvgIpc) is 2.78. The van der Waals surface area contributed by atoms with Gasteiger partial charge in [0.1, 0.15) is 17.2 Å². The smallest absolute Gasteiger partial charge is 0.264 e. The zero-order chi connectivity index (χ0) is 21.7. The van der Waals surface area contributed by atoms with Crippen LogP contribution in [0, 0.1) is 6.92 Å². The van der Waals surface area contributed by atoms with E-state index in [1.165, 1.54) is 37.8 Å². The molecule has 30 heavy (non-hydrogen) atoms. The van der Waals surface area contributed by atoms with Crippen LogP contribution in [0.3, 0.4) is 0 Å². The fraction of sp³-hybridized carbons (Fsp3) is 0.217. The molecule has 0 atom stereocenters. The van der Waals surface area contributed by atoms with E-state index in [9.17, 15) is 8.42 Å². The molecular weight excluding hydrogens is 402 g/mol. The number of hydrogen-bond acceptors (Lipinski definition) is 5. The average molecular weight is 428 g/mol. The highest BCUT2D eigenvalue weighted by molar-refractivity contribution is 7.92. The molecule has 158 valence electrons. The molecule has 0 saturated heterocycles. The minimum Gasteiger partial charge on any atom is -0.497 e. The summed E-state index contributed by atoms with van der Waals surface area (Å²) in [5, 5.41) is 0. The van der Waals surface area contributed by atoms with Gasteiger partial charge in [0, 0.05) is 6.07 Å². The summed E-state index contributed by atoms with van der Waals surface area (Å²) in [6, 6.07) is 19.1. The molecule has 0 fully saturated rings. The molecule has 7 heteroatoms. The van der Waals surface area contributed by atoms with Crippen LogP contribution < -0.4 is 18.5 Å². The van der Waals surface area contributed by atoms with Crippen LogP contribution in [0.4, 0.5) is 5.69 Å². The van der Waals surface area contributed by atoms with E-state index in [4.69, 9.17) is 14.2 Å². The molecule has 0 saturated carbocycles. The molecular formula is C23H25NO5S. The first-order valence-electron chi connectivity index (χ1n) is 9.33. The van der Waals surface area contributed by atoms with Crippen molar-refractivity contribution in [1.29, 1.82) is 0 Å². The van der Waals surface area contributed by atoms with Crippen molar-refractivity contribution >= 4 is 15.7 Å². The summed E-state index contributed by atoms with van der Waals surface area (Å²) in [4.78, 5) is 0.153. The molecule has 0 N–H and O–H groups in total. The van der Waals surface area contributed by atoms with Gasteiger partial charge in [-0.25, -0.2) is 8.42 Å². The molecule has 6 nitrogen and oxygen atoms in total. The molecule has 0 aliphatic carbocycles. The van der Waals surface area contributed by atoms with Crippen molar-refractivity contribution in [2.24, 2.45) is 0 Å². The Morgan fingerprint density at radius 3 is 1.93 bits per heavy atom. The molecule has 0 aliphatic heterocycles. The van der Waals surface area contributed by atoms with Crippen molar-refractivity contribution in [2.45, 2.75) is 18.4 Å². The highest BCUT2D eigenvalue weighted by Gasteiger charge is 2.28. The molecule has 3 aromatic carbocycles. The number of anilines is 1. The Bertz CT molecular complexity index is 1090. The van der Waals surface area contributed by atoms with E-state index >= 15 is 0 Å². The molecule has 0 radical (unpaired) electrons. The number of nitrogens with zero attached hydrogens (tertiary/aromatic N) is 1. The number of ether oxygens (including phenoxy) is 3. The van der Waals surface area contributed by atoms with Crippen LogP contribution in [-0.2, 0) is 16.6 Å². The van der Waals surface area contributed by atoms with Gasteiger partial charge >= 0.3 is 0 Å². The molecule has 0 unspecified atom stereocenters. The largest absolute Gasteiger partial charge is 0.497 e. The Labute approximate surface area is 177 Å². The second-order valence-corrected chi connectivity index (χ2v) is 8.57. The van der Waals surface area contributed by atoms with Crippen LogP contribution >= 0.6 is 0 Å². The molecule has 0 aliphatic rings. The molecule has 0 amide bonds. The van der Waals surface area contributed by atoms with Crippen LogP contribution in [0.2, 0.25) is 0 Å². The van der Waals surface area contributed by atoms with E-state index in [1.54, 1.807) is 30.3 Å². The predicted octanol–water partition coefficient (Wildman–Crippen LogP) is 4.42.